The Labute approximate surface area is 258 Å². The molecule has 0 spiro atoms. The van der Waals surface area contributed by atoms with E-state index in [1.807, 2.05) is 42.0 Å². The molecule has 44 heavy (non-hydrogen) atoms. The summed E-state index contributed by atoms with van der Waals surface area (Å²) in [4.78, 5) is 15.5. The zero-order chi connectivity index (χ0) is 30.3. The molecule has 224 valence electrons. The average Bonchev–Trinajstić information content (AvgIpc) is 3.32. The van der Waals surface area contributed by atoms with Gasteiger partial charge in [0.1, 0.15) is 17.8 Å². The van der Waals surface area contributed by atoms with Crippen molar-refractivity contribution >= 4 is 39.4 Å². The number of aromatic nitrogens is 9. The van der Waals surface area contributed by atoms with Crippen molar-refractivity contribution < 1.29 is 4.79 Å². The zero-order valence-corrected chi connectivity index (χ0v) is 25.9. The molecule has 2 fully saturated rings. The predicted molar refractivity (Wildman–Crippen MR) is 169 cm³/mol. The van der Waals surface area contributed by atoms with Gasteiger partial charge in [0.05, 0.1) is 34.5 Å². The molecule has 1 amide bonds. The van der Waals surface area contributed by atoms with Crippen LogP contribution < -0.4 is 0 Å². The summed E-state index contributed by atoms with van der Waals surface area (Å²) in [5, 5.41) is 28.2. The van der Waals surface area contributed by atoms with Crippen LogP contribution in [0.2, 0.25) is 5.02 Å². The van der Waals surface area contributed by atoms with Gasteiger partial charge in [-0.2, -0.15) is 15.3 Å². The van der Waals surface area contributed by atoms with E-state index in [9.17, 15) is 4.79 Å². The first-order chi connectivity index (χ1) is 21.3. The number of carbonyl (C=O) groups is 1. The molecule has 4 aromatic heterocycles. The van der Waals surface area contributed by atoms with Crippen LogP contribution in [0.3, 0.4) is 0 Å². The number of halogens is 1. The minimum absolute atomic E-state index is 0.0149. The molecule has 0 bridgehead atoms. The lowest BCUT2D eigenvalue weighted by molar-refractivity contribution is 0.133. The summed E-state index contributed by atoms with van der Waals surface area (Å²) in [6.07, 6.45) is 8.98. The average molecular weight is 609 g/mol. The van der Waals surface area contributed by atoms with Crippen molar-refractivity contribution in [2.75, 3.05) is 6.54 Å². The lowest BCUT2D eigenvalue weighted by Crippen LogP contribution is -2.47. The molecule has 0 radical (unpaired) electrons. The quantitative estimate of drug-likeness (QED) is 0.247. The second-order valence-electron chi connectivity index (χ2n) is 12.3. The second-order valence-corrected chi connectivity index (χ2v) is 12.7. The van der Waals surface area contributed by atoms with Crippen LogP contribution in [0.4, 0.5) is 4.79 Å². The van der Waals surface area contributed by atoms with Gasteiger partial charge in [-0.3, -0.25) is 14.5 Å². The SMILES string of the molecule is Cc1cc2[nH]ncc2c(-c2c(-c3ccc4c(cnn4C)c3)nn(C3CCN(C(=O)n4cnnc4C4CC4)C(C)C3)c2C)c1Cl. The summed E-state index contributed by atoms with van der Waals surface area (Å²) in [5.41, 5.74) is 7.79. The van der Waals surface area contributed by atoms with Crippen LogP contribution in [0.1, 0.15) is 61.6 Å². The molecule has 1 aliphatic carbocycles. The van der Waals surface area contributed by atoms with E-state index in [0.29, 0.717) is 17.5 Å². The maximum absolute atomic E-state index is 13.6. The van der Waals surface area contributed by atoms with E-state index in [1.165, 1.54) is 0 Å². The maximum Gasteiger partial charge on any atom is 0.331 e. The Morgan fingerprint density at radius 3 is 2.73 bits per heavy atom. The normalized spacial score (nSPS) is 19.0. The Morgan fingerprint density at radius 2 is 1.93 bits per heavy atom. The molecule has 1 aliphatic heterocycles. The highest BCUT2D eigenvalue weighted by Gasteiger charge is 2.36. The number of hydrogen-bond donors (Lipinski definition) is 1. The lowest BCUT2D eigenvalue weighted by atomic mass is 9.94. The van der Waals surface area contributed by atoms with E-state index in [0.717, 1.165) is 87.0 Å². The van der Waals surface area contributed by atoms with Crippen LogP contribution in [0.5, 0.6) is 0 Å². The number of hydrogen-bond acceptors (Lipinski definition) is 6. The third-order valence-electron chi connectivity index (χ3n) is 9.45. The summed E-state index contributed by atoms with van der Waals surface area (Å²) in [6.45, 7) is 6.89. The molecule has 2 aliphatic rings. The van der Waals surface area contributed by atoms with Crippen LogP contribution in [-0.4, -0.2) is 68.0 Å². The van der Waals surface area contributed by atoms with E-state index >= 15 is 0 Å². The topological polar surface area (TPSA) is 115 Å². The molecule has 6 aromatic rings. The summed E-state index contributed by atoms with van der Waals surface area (Å²) >= 11 is 7.11. The van der Waals surface area contributed by atoms with Crippen molar-refractivity contribution in [3.63, 3.8) is 0 Å². The smallest absolute Gasteiger partial charge is 0.321 e. The van der Waals surface area contributed by atoms with Gasteiger partial charge >= 0.3 is 6.03 Å². The molecule has 5 heterocycles. The third-order valence-corrected chi connectivity index (χ3v) is 9.93. The Hall–Kier alpha value is -4.51. The number of likely N-dealkylation sites (tertiary alicyclic amines) is 1. The molecule has 8 rings (SSSR count). The van der Waals surface area contributed by atoms with Gasteiger partial charge in [-0.25, -0.2) is 9.36 Å². The van der Waals surface area contributed by atoms with Crippen LogP contribution in [0.15, 0.2) is 43.0 Å². The number of carbonyl (C=O) groups excluding carboxylic acids is 1. The fraction of sp³-hybridized carbons (Fsp3) is 0.375. The van der Waals surface area contributed by atoms with E-state index in [-0.39, 0.29) is 18.1 Å². The van der Waals surface area contributed by atoms with Crippen molar-refractivity contribution in [3.05, 3.63) is 65.1 Å². The third kappa shape index (κ3) is 4.16. The van der Waals surface area contributed by atoms with Gasteiger partial charge in [0.15, 0.2) is 0 Å². The van der Waals surface area contributed by atoms with Gasteiger partial charge in [0, 0.05) is 58.7 Å². The van der Waals surface area contributed by atoms with Crippen molar-refractivity contribution in [1.82, 2.24) is 49.4 Å². The molecule has 12 heteroatoms. The van der Waals surface area contributed by atoms with Crippen molar-refractivity contribution in [1.29, 1.82) is 0 Å². The van der Waals surface area contributed by atoms with Crippen molar-refractivity contribution in [2.24, 2.45) is 7.05 Å². The fourth-order valence-corrected chi connectivity index (χ4v) is 7.19. The molecular formula is C32H33ClN10O. The fourth-order valence-electron chi connectivity index (χ4n) is 6.93. The Kier molecular flexibility index (Phi) is 6.16. The van der Waals surface area contributed by atoms with Crippen LogP contribution in [0.25, 0.3) is 44.2 Å². The highest BCUT2D eigenvalue weighted by molar-refractivity contribution is 6.36. The summed E-state index contributed by atoms with van der Waals surface area (Å²) in [5.74, 6) is 1.13. The molecule has 2 atom stereocenters. The lowest BCUT2D eigenvalue weighted by Gasteiger charge is -2.38. The van der Waals surface area contributed by atoms with Gasteiger partial charge in [-0.15, -0.1) is 10.2 Å². The molecule has 11 nitrogen and oxygen atoms in total. The van der Waals surface area contributed by atoms with Crippen LogP contribution in [0, 0.1) is 13.8 Å². The van der Waals surface area contributed by atoms with Crippen LogP contribution >= 0.6 is 11.6 Å². The van der Waals surface area contributed by atoms with Gasteiger partial charge in [0.2, 0.25) is 0 Å². The Balaban J connectivity index is 1.21. The number of benzene rings is 2. The van der Waals surface area contributed by atoms with Gasteiger partial charge < -0.3 is 4.90 Å². The number of piperidine rings is 1. The number of nitrogens with one attached hydrogen (secondary N) is 1. The first-order valence-electron chi connectivity index (χ1n) is 15.1. The minimum atomic E-state index is -0.0416. The van der Waals surface area contributed by atoms with E-state index in [4.69, 9.17) is 16.7 Å². The Morgan fingerprint density at radius 1 is 1.09 bits per heavy atom. The number of aryl methyl sites for hydroxylation is 2. The number of fused-ring (bicyclic) bond motifs is 2. The van der Waals surface area contributed by atoms with Crippen molar-refractivity contribution in [2.45, 2.75) is 64.5 Å². The number of aromatic amines is 1. The monoisotopic (exact) mass is 608 g/mol. The molecule has 2 aromatic carbocycles. The summed E-state index contributed by atoms with van der Waals surface area (Å²) in [6, 6.07) is 8.46. The summed E-state index contributed by atoms with van der Waals surface area (Å²) in [7, 11) is 1.95. The van der Waals surface area contributed by atoms with E-state index in [1.54, 1.807) is 10.9 Å². The number of H-pyrrole nitrogens is 1. The number of amides is 1. The molecule has 1 saturated heterocycles. The molecule has 1 saturated carbocycles. The number of nitrogens with zero attached hydrogens (tertiary/aromatic N) is 9. The molecular weight excluding hydrogens is 576 g/mol. The summed E-state index contributed by atoms with van der Waals surface area (Å²) < 4.78 is 5.68. The highest BCUT2D eigenvalue weighted by Crippen LogP contribution is 2.45. The molecule has 2 unspecified atom stereocenters. The Bertz CT molecular complexity index is 2080. The predicted octanol–water partition coefficient (Wildman–Crippen LogP) is 6.41. The first-order valence-corrected chi connectivity index (χ1v) is 15.5. The maximum atomic E-state index is 13.6. The zero-order valence-electron chi connectivity index (χ0n) is 25.1. The van der Waals surface area contributed by atoms with E-state index < -0.39 is 0 Å². The minimum Gasteiger partial charge on any atom is -0.321 e. The van der Waals surface area contributed by atoms with Crippen molar-refractivity contribution in [3.8, 4) is 22.4 Å². The van der Waals surface area contributed by atoms with Crippen LogP contribution in [-0.2, 0) is 7.05 Å². The second kappa shape index (κ2) is 10.0. The highest BCUT2D eigenvalue weighted by atomic mass is 35.5. The number of rotatable bonds is 4. The first kappa shape index (κ1) is 27.1. The van der Waals surface area contributed by atoms with Gasteiger partial charge in [0.25, 0.3) is 0 Å². The largest absolute Gasteiger partial charge is 0.331 e. The molecule has 1 N–H and O–H groups in total. The van der Waals surface area contributed by atoms with Gasteiger partial charge in [-0.05, 0) is 70.2 Å². The van der Waals surface area contributed by atoms with E-state index in [2.05, 4.69) is 62.2 Å². The standard InChI is InChI=1S/C32H33ClN10O/c1-17-11-25-24(15-34-37-25)28(29(17)33)27-19(3)43(39-30(27)21-7-8-26-22(13-21)14-36-40(26)4)23-9-10-41(18(2)12-23)32(44)42-16-35-38-31(42)20-5-6-20/h7-8,11,13-16,18,20,23H,5-6,9-10,12H2,1-4H3,(H,34,37). The van der Waals surface area contributed by atoms with Gasteiger partial charge in [-0.1, -0.05) is 17.7 Å².